The molecule has 3 nitrogen and oxygen atoms in total. The third-order valence-corrected chi connectivity index (χ3v) is 3.01. The smallest absolute Gasteiger partial charge is 0.186 e. The molecule has 1 rings (SSSR count). The van der Waals surface area contributed by atoms with Gasteiger partial charge in [-0.15, -0.1) is 0 Å². The molecule has 1 atom stereocenters. The lowest BCUT2D eigenvalue weighted by Gasteiger charge is -2.23. The molecule has 0 fully saturated rings. The van der Waals surface area contributed by atoms with Gasteiger partial charge in [0.25, 0.3) is 0 Å². The highest BCUT2D eigenvalue weighted by molar-refractivity contribution is 6.69. The van der Waals surface area contributed by atoms with Gasteiger partial charge in [0.05, 0.1) is 13.2 Å². The minimum Gasteiger partial charge on any atom is -0.496 e. The second-order valence-electron chi connectivity index (χ2n) is 4.63. The molecule has 0 saturated carbocycles. The number of halogens is 1. The molecule has 5 heteroatoms. The minimum absolute atomic E-state index is 0.403. The summed E-state index contributed by atoms with van der Waals surface area (Å²) >= 11 is 0. The Kier molecular flexibility index (Phi) is 4.26. The van der Waals surface area contributed by atoms with Crippen molar-refractivity contribution in [3.8, 4) is 11.8 Å². The first-order valence-electron chi connectivity index (χ1n) is 5.28. The zero-order chi connectivity index (χ0) is 13.1. The van der Waals surface area contributed by atoms with Gasteiger partial charge in [0.1, 0.15) is 11.6 Å². The SMILES string of the molecule is COc1ccc(F)cc1C(C#N)O[Si](C)(C)C. The molecule has 0 amide bonds. The summed E-state index contributed by atoms with van der Waals surface area (Å²) in [7, 11) is -0.392. The number of nitriles is 1. The molecule has 0 aliphatic carbocycles. The number of rotatable bonds is 4. The number of ether oxygens (including phenoxy) is 1. The highest BCUT2D eigenvalue weighted by atomic mass is 28.4. The lowest BCUT2D eigenvalue weighted by atomic mass is 10.1. The summed E-state index contributed by atoms with van der Waals surface area (Å²) in [6, 6.07) is 6.13. The van der Waals surface area contributed by atoms with Crippen LogP contribution < -0.4 is 4.74 Å². The minimum atomic E-state index is -1.88. The van der Waals surface area contributed by atoms with Gasteiger partial charge in [0, 0.05) is 5.56 Å². The Balaban J connectivity index is 3.11. The number of benzene rings is 1. The maximum atomic E-state index is 13.2. The average molecular weight is 253 g/mol. The van der Waals surface area contributed by atoms with Crippen molar-refractivity contribution < 1.29 is 13.6 Å². The van der Waals surface area contributed by atoms with Gasteiger partial charge in [-0.1, -0.05) is 0 Å². The largest absolute Gasteiger partial charge is 0.496 e. The van der Waals surface area contributed by atoms with Crippen molar-refractivity contribution in [2.24, 2.45) is 0 Å². The van der Waals surface area contributed by atoms with Gasteiger partial charge in [-0.05, 0) is 37.8 Å². The molecule has 0 saturated heterocycles. The van der Waals surface area contributed by atoms with E-state index in [1.807, 2.05) is 25.7 Å². The Morgan fingerprint density at radius 2 is 2.00 bits per heavy atom. The maximum Gasteiger partial charge on any atom is 0.186 e. The van der Waals surface area contributed by atoms with E-state index in [0.717, 1.165) is 0 Å². The first-order valence-corrected chi connectivity index (χ1v) is 8.69. The van der Waals surface area contributed by atoms with Crippen LogP contribution in [0.15, 0.2) is 18.2 Å². The molecule has 1 aromatic carbocycles. The van der Waals surface area contributed by atoms with Crippen molar-refractivity contribution in [3.63, 3.8) is 0 Å². The monoisotopic (exact) mass is 253 g/mol. The van der Waals surface area contributed by atoms with Crippen LogP contribution in [0.4, 0.5) is 4.39 Å². The highest BCUT2D eigenvalue weighted by Gasteiger charge is 2.24. The van der Waals surface area contributed by atoms with Crippen molar-refractivity contribution in [3.05, 3.63) is 29.6 Å². The fourth-order valence-corrected chi connectivity index (χ4v) is 2.31. The summed E-state index contributed by atoms with van der Waals surface area (Å²) in [5, 5.41) is 9.12. The zero-order valence-electron chi connectivity index (χ0n) is 10.5. The van der Waals surface area contributed by atoms with E-state index in [1.165, 1.54) is 25.3 Å². The third kappa shape index (κ3) is 3.84. The van der Waals surface area contributed by atoms with Crippen molar-refractivity contribution in [2.45, 2.75) is 25.7 Å². The van der Waals surface area contributed by atoms with Crippen LogP contribution in [-0.4, -0.2) is 15.4 Å². The Bertz CT molecular complexity index is 437. The fraction of sp³-hybridized carbons (Fsp3) is 0.417. The molecule has 0 aliphatic heterocycles. The van der Waals surface area contributed by atoms with Crippen molar-refractivity contribution in [1.29, 1.82) is 5.26 Å². The van der Waals surface area contributed by atoms with Crippen LogP contribution in [0.5, 0.6) is 5.75 Å². The first-order chi connectivity index (χ1) is 7.87. The van der Waals surface area contributed by atoms with E-state index in [0.29, 0.717) is 11.3 Å². The molecule has 0 heterocycles. The molecule has 0 spiro atoms. The van der Waals surface area contributed by atoms with Crippen molar-refractivity contribution in [2.75, 3.05) is 7.11 Å². The van der Waals surface area contributed by atoms with Crippen molar-refractivity contribution >= 4 is 8.32 Å². The standard InChI is InChI=1S/C12H16FNO2Si/c1-15-11-6-5-9(13)7-10(11)12(8-14)16-17(2,3)4/h5-7,12H,1-4H3. The van der Waals surface area contributed by atoms with Gasteiger partial charge >= 0.3 is 0 Å². The number of hydrogen-bond acceptors (Lipinski definition) is 3. The van der Waals surface area contributed by atoms with Crippen LogP contribution in [0.1, 0.15) is 11.7 Å². The zero-order valence-corrected chi connectivity index (χ0v) is 11.5. The lowest BCUT2D eigenvalue weighted by molar-refractivity contribution is 0.247. The van der Waals surface area contributed by atoms with E-state index in [-0.39, 0.29) is 0 Å². The van der Waals surface area contributed by atoms with Gasteiger partial charge < -0.3 is 9.16 Å². The van der Waals surface area contributed by atoms with E-state index in [1.54, 1.807) is 0 Å². The van der Waals surface area contributed by atoms with Gasteiger partial charge in [-0.2, -0.15) is 5.26 Å². The predicted octanol–water partition coefficient (Wildman–Crippen LogP) is 3.25. The van der Waals surface area contributed by atoms with Gasteiger partial charge in [-0.3, -0.25) is 0 Å². The normalized spacial score (nSPS) is 12.9. The summed E-state index contributed by atoms with van der Waals surface area (Å²) in [4.78, 5) is 0. The Morgan fingerprint density at radius 1 is 1.35 bits per heavy atom. The van der Waals surface area contributed by atoms with E-state index < -0.39 is 20.2 Å². The second-order valence-corrected chi connectivity index (χ2v) is 9.09. The molecule has 1 unspecified atom stereocenters. The molecule has 0 radical (unpaired) electrons. The molecular weight excluding hydrogens is 237 g/mol. The molecule has 0 N–H and O–H groups in total. The molecule has 0 aromatic heterocycles. The summed E-state index contributed by atoms with van der Waals surface area (Å²) in [5.41, 5.74) is 0.442. The Morgan fingerprint density at radius 3 is 2.47 bits per heavy atom. The third-order valence-electron chi connectivity index (χ3n) is 2.06. The van der Waals surface area contributed by atoms with Crippen LogP contribution >= 0.6 is 0 Å². The van der Waals surface area contributed by atoms with Gasteiger partial charge in [-0.25, -0.2) is 4.39 Å². The Hall–Kier alpha value is -1.38. The summed E-state index contributed by atoms with van der Waals surface area (Å²) < 4.78 is 24.0. The van der Waals surface area contributed by atoms with E-state index in [9.17, 15) is 4.39 Å². The van der Waals surface area contributed by atoms with Crippen LogP contribution in [0.25, 0.3) is 0 Å². The molecule has 0 aliphatic rings. The van der Waals surface area contributed by atoms with E-state index in [4.69, 9.17) is 14.4 Å². The quantitative estimate of drug-likeness (QED) is 0.773. The number of methoxy groups -OCH3 is 1. The van der Waals surface area contributed by atoms with Crippen LogP contribution in [0.3, 0.4) is 0 Å². The van der Waals surface area contributed by atoms with Crippen molar-refractivity contribution in [1.82, 2.24) is 0 Å². The first kappa shape index (κ1) is 13.7. The van der Waals surface area contributed by atoms with Crippen LogP contribution in [-0.2, 0) is 4.43 Å². The van der Waals surface area contributed by atoms with E-state index >= 15 is 0 Å². The molecule has 17 heavy (non-hydrogen) atoms. The Labute approximate surface area is 102 Å². The van der Waals surface area contributed by atoms with Crippen LogP contribution in [0.2, 0.25) is 19.6 Å². The summed E-state index contributed by atoms with van der Waals surface area (Å²) in [6.07, 6.45) is -0.785. The average Bonchev–Trinajstić information content (AvgIpc) is 2.24. The predicted molar refractivity (Wildman–Crippen MR) is 65.7 cm³/mol. The second kappa shape index (κ2) is 5.30. The molecule has 0 bridgehead atoms. The van der Waals surface area contributed by atoms with E-state index in [2.05, 4.69) is 0 Å². The maximum absolute atomic E-state index is 13.2. The molecule has 1 aromatic rings. The highest BCUT2D eigenvalue weighted by Crippen LogP contribution is 2.30. The number of nitrogens with zero attached hydrogens (tertiary/aromatic N) is 1. The fourth-order valence-electron chi connectivity index (χ4n) is 1.42. The summed E-state index contributed by atoms with van der Waals surface area (Å²) in [5.74, 6) is 0.0661. The molecule has 92 valence electrons. The lowest BCUT2D eigenvalue weighted by Crippen LogP contribution is -2.27. The molecular formula is C12H16FNO2Si. The number of hydrogen-bond donors (Lipinski definition) is 0. The van der Waals surface area contributed by atoms with Crippen LogP contribution in [0, 0.1) is 17.1 Å². The van der Waals surface area contributed by atoms with Gasteiger partial charge in [0.2, 0.25) is 0 Å². The summed E-state index contributed by atoms with van der Waals surface area (Å²) in [6.45, 7) is 5.93. The van der Waals surface area contributed by atoms with Gasteiger partial charge in [0.15, 0.2) is 14.4 Å². The topological polar surface area (TPSA) is 42.2 Å².